The second-order valence-electron chi connectivity index (χ2n) is 11.9. The van der Waals surface area contributed by atoms with Gasteiger partial charge >= 0.3 is 18.3 Å². The van der Waals surface area contributed by atoms with Gasteiger partial charge in [-0.15, -0.1) is 0 Å². The first-order valence-electron chi connectivity index (χ1n) is 15.3. The molecule has 1 amide bonds. The summed E-state index contributed by atoms with van der Waals surface area (Å²) in [7, 11) is 2.31. The van der Waals surface area contributed by atoms with Crippen LogP contribution in [0.5, 0.6) is 0 Å². The number of pyridine rings is 2. The zero-order valence-electron chi connectivity index (χ0n) is 26.8. The van der Waals surface area contributed by atoms with Crippen molar-refractivity contribution in [1.82, 2.24) is 14.9 Å². The van der Waals surface area contributed by atoms with Gasteiger partial charge in [-0.25, -0.2) is 13.6 Å². The smallest absolute Gasteiger partial charge is 0.417 e. The summed E-state index contributed by atoms with van der Waals surface area (Å²) >= 11 is 0. The lowest BCUT2D eigenvalue weighted by Crippen LogP contribution is -2.49. The molecule has 1 saturated heterocycles. The van der Waals surface area contributed by atoms with Crippen LogP contribution in [0.3, 0.4) is 0 Å². The van der Waals surface area contributed by atoms with Crippen LogP contribution < -0.4 is 15.8 Å². The summed E-state index contributed by atoms with van der Waals surface area (Å²) in [5, 5.41) is 2.40. The maximum atomic E-state index is 15.3. The Morgan fingerprint density at radius 1 is 1.04 bits per heavy atom. The van der Waals surface area contributed by atoms with E-state index in [2.05, 4.69) is 10.3 Å². The van der Waals surface area contributed by atoms with Crippen LogP contribution in [-0.2, 0) is 29.2 Å². The number of rotatable bonds is 7. The highest BCUT2D eigenvalue weighted by atomic mass is 19.4. The number of carbonyl (C=O) groups is 2. The molecular formula is C34H30F8N4O4. The SMILES string of the molecule is COC(=O)[C@H](Cc1ccc(-c2c(C(F)(F)F)cc(C)n(C)c2=O)c2ncccc12)NC(=O)c1c(F)cc(N2CCCC[C@@H]2C(F)(F)F)cc1F. The van der Waals surface area contributed by atoms with E-state index in [1.165, 1.54) is 44.4 Å². The number of hydrogen-bond donors (Lipinski definition) is 1. The van der Waals surface area contributed by atoms with Crippen molar-refractivity contribution in [1.29, 1.82) is 0 Å². The molecule has 0 saturated carbocycles. The number of aromatic nitrogens is 2. The van der Waals surface area contributed by atoms with Crippen molar-refractivity contribution in [2.75, 3.05) is 18.6 Å². The van der Waals surface area contributed by atoms with Gasteiger partial charge in [-0.2, -0.15) is 26.3 Å². The van der Waals surface area contributed by atoms with Gasteiger partial charge in [0, 0.05) is 48.5 Å². The molecule has 0 spiro atoms. The summed E-state index contributed by atoms with van der Waals surface area (Å²) in [4.78, 5) is 44.3. The number of halogens is 8. The highest BCUT2D eigenvalue weighted by Crippen LogP contribution is 2.39. The number of anilines is 1. The molecule has 0 bridgehead atoms. The molecule has 0 aliphatic carbocycles. The van der Waals surface area contributed by atoms with Crippen molar-refractivity contribution in [2.45, 2.75) is 57.0 Å². The zero-order chi connectivity index (χ0) is 36.7. The average Bonchev–Trinajstić information content (AvgIpc) is 3.05. The lowest BCUT2D eigenvalue weighted by molar-refractivity contribution is -0.152. The average molecular weight is 711 g/mol. The van der Waals surface area contributed by atoms with Crippen LogP contribution in [0.2, 0.25) is 0 Å². The second kappa shape index (κ2) is 13.7. The number of esters is 1. The topological polar surface area (TPSA) is 93.5 Å². The number of ether oxygens (including phenoxy) is 1. The van der Waals surface area contributed by atoms with Gasteiger partial charge in [0.15, 0.2) is 0 Å². The van der Waals surface area contributed by atoms with Crippen molar-refractivity contribution in [3.8, 4) is 11.1 Å². The Kier molecular flexibility index (Phi) is 9.94. The Morgan fingerprint density at radius 3 is 2.34 bits per heavy atom. The molecule has 1 N–H and O–H groups in total. The highest BCUT2D eigenvalue weighted by molar-refractivity contribution is 5.99. The van der Waals surface area contributed by atoms with Crippen LogP contribution in [0.15, 0.2) is 53.5 Å². The summed E-state index contributed by atoms with van der Waals surface area (Å²) in [5.41, 5.74) is -4.20. The van der Waals surface area contributed by atoms with E-state index in [0.29, 0.717) is 18.6 Å². The molecule has 4 aromatic rings. The van der Waals surface area contributed by atoms with Crippen LogP contribution in [-0.4, -0.2) is 53.3 Å². The number of fused-ring (bicyclic) bond motifs is 1. The number of methoxy groups -OCH3 is 1. The molecule has 2 atom stereocenters. The van der Waals surface area contributed by atoms with Crippen molar-refractivity contribution >= 4 is 28.5 Å². The first-order chi connectivity index (χ1) is 23.4. The third-order valence-electron chi connectivity index (χ3n) is 8.79. The summed E-state index contributed by atoms with van der Waals surface area (Å²) in [6.45, 7) is 1.24. The zero-order valence-corrected chi connectivity index (χ0v) is 26.8. The predicted octanol–water partition coefficient (Wildman–Crippen LogP) is 6.64. The molecule has 0 radical (unpaired) electrons. The minimum absolute atomic E-state index is 0.0334. The van der Waals surface area contributed by atoms with E-state index in [1.807, 2.05) is 0 Å². The van der Waals surface area contributed by atoms with E-state index >= 15 is 8.78 Å². The maximum Gasteiger partial charge on any atom is 0.417 e. The van der Waals surface area contributed by atoms with Gasteiger partial charge in [0.05, 0.1) is 23.8 Å². The number of piperidine rings is 1. The Bertz CT molecular complexity index is 2000. The largest absolute Gasteiger partial charge is 0.467 e. The van der Waals surface area contributed by atoms with E-state index < -0.39 is 82.3 Å². The van der Waals surface area contributed by atoms with Gasteiger partial charge in [0.1, 0.15) is 29.3 Å². The van der Waals surface area contributed by atoms with Crippen LogP contribution in [0.1, 0.15) is 46.4 Å². The lowest BCUT2D eigenvalue weighted by atomic mass is 9.93. The molecule has 16 heteroatoms. The molecule has 2 aromatic carbocycles. The third-order valence-corrected chi connectivity index (χ3v) is 8.79. The number of nitrogens with zero attached hydrogens (tertiary/aromatic N) is 3. The number of amides is 1. The Balaban J connectivity index is 1.50. The molecule has 1 fully saturated rings. The monoisotopic (exact) mass is 710 g/mol. The first-order valence-corrected chi connectivity index (χ1v) is 15.3. The number of benzene rings is 2. The summed E-state index contributed by atoms with van der Waals surface area (Å²) in [6.07, 6.45) is -8.32. The second-order valence-corrected chi connectivity index (χ2v) is 11.9. The van der Waals surface area contributed by atoms with Crippen LogP contribution in [0, 0.1) is 18.6 Å². The highest BCUT2D eigenvalue weighted by Gasteiger charge is 2.45. The van der Waals surface area contributed by atoms with E-state index in [0.717, 1.165) is 22.6 Å². The van der Waals surface area contributed by atoms with Gasteiger partial charge < -0.3 is 19.5 Å². The van der Waals surface area contributed by atoms with Gasteiger partial charge in [0.25, 0.3) is 11.5 Å². The first kappa shape index (κ1) is 36.3. The van der Waals surface area contributed by atoms with E-state index in [1.54, 1.807) is 0 Å². The van der Waals surface area contributed by atoms with Crippen LogP contribution >= 0.6 is 0 Å². The van der Waals surface area contributed by atoms with Gasteiger partial charge in [-0.3, -0.25) is 14.6 Å². The van der Waals surface area contributed by atoms with Crippen molar-refractivity contribution in [3.05, 3.63) is 93.0 Å². The van der Waals surface area contributed by atoms with Crippen LogP contribution in [0.4, 0.5) is 40.8 Å². The minimum Gasteiger partial charge on any atom is -0.467 e. The van der Waals surface area contributed by atoms with Crippen molar-refractivity contribution < 1.29 is 49.4 Å². The standard InChI is InChI=1S/C34H30F8N4O4/c1-17-13-22(33(37,38)39)27(31(48)45(17)2)21-10-9-18(20-7-6-11-43-29(20)21)14-25(32(49)50-3)44-30(47)28-23(35)15-19(16-24(28)36)46-12-5-4-8-26(46)34(40,41)42/h6-7,9-11,13,15-16,25-26H,4-5,8,12,14H2,1-3H3,(H,44,47)/t25-,26+/m0/s1. The fourth-order valence-corrected chi connectivity index (χ4v) is 6.23. The van der Waals surface area contributed by atoms with E-state index in [9.17, 15) is 40.7 Å². The van der Waals surface area contributed by atoms with E-state index in [4.69, 9.17) is 4.74 Å². The molecule has 2 aromatic heterocycles. The molecule has 266 valence electrons. The van der Waals surface area contributed by atoms with E-state index in [-0.39, 0.29) is 47.1 Å². The lowest BCUT2D eigenvalue weighted by Gasteiger charge is -2.38. The van der Waals surface area contributed by atoms with Gasteiger partial charge in [0.2, 0.25) is 0 Å². The molecule has 1 aliphatic rings. The number of carbonyl (C=O) groups excluding carboxylic acids is 2. The number of hydrogen-bond acceptors (Lipinski definition) is 6. The molecular weight excluding hydrogens is 680 g/mol. The number of nitrogens with one attached hydrogen (secondary N) is 1. The molecule has 5 rings (SSSR count). The predicted molar refractivity (Wildman–Crippen MR) is 167 cm³/mol. The molecule has 8 nitrogen and oxygen atoms in total. The maximum absolute atomic E-state index is 15.3. The Labute approximate surface area is 279 Å². The van der Waals surface area contributed by atoms with Crippen molar-refractivity contribution in [3.63, 3.8) is 0 Å². The molecule has 1 aliphatic heterocycles. The summed E-state index contributed by atoms with van der Waals surface area (Å²) in [5.74, 6) is -5.39. The van der Waals surface area contributed by atoms with Gasteiger partial charge in [-0.05, 0) is 56.0 Å². The Hall–Kier alpha value is -5.02. The molecule has 0 unspecified atom stereocenters. The summed E-state index contributed by atoms with van der Waals surface area (Å²) in [6, 6.07) is 3.98. The molecule has 50 heavy (non-hydrogen) atoms. The van der Waals surface area contributed by atoms with Crippen molar-refractivity contribution in [2.24, 2.45) is 7.05 Å². The molecule has 3 heterocycles. The number of aryl methyl sites for hydroxylation is 1. The Morgan fingerprint density at radius 2 is 1.72 bits per heavy atom. The quantitative estimate of drug-likeness (QED) is 0.171. The van der Waals surface area contributed by atoms with Crippen LogP contribution in [0.25, 0.3) is 22.0 Å². The third kappa shape index (κ3) is 7.01. The summed E-state index contributed by atoms with van der Waals surface area (Å²) < 4.78 is 120. The fourth-order valence-electron chi connectivity index (χ4n) is 6.23. The fraction of sp³-hybridized carbons (Fsp3) is 0.353. The minimum atomic E-state index is -4.90. The number of alkyl halides is 6. The van der Waals surface area contributed by atoms with Gasteiger partial charge in [-0.1, -0.05) is 18.2 Å². The normalized spacial score (nSPS) is 16.0.